The summed E-state index contributed by atoms with van der Waals surface area (Å²) in [6.07, 6.45) is 2.76. The first-order valence-electron chi connectivity index (χ1n) is 4.32. The van der Waals surface area contributed by atoms with Gasteiger partial charge in [0, 0.05) is 6.42 Å². The predicted octanol–water partition coefficient (Wildman–Crippen LogP) is 0.591. The molecule has 4 heteroatoms. The summed E-state index contributed by atoms with van der Waals surface area (Å²) in [6.45, 7) is 1.29. The van der Waals surface area contributed by atoms with Crippen molar-refractivity contribution in [1.82, 2.24) is 5.32 Å². The standard InChI is InChI=1S/C8H17FN2O/c9-5-3-7-11-6-2-1-4-8(10)12/h11H,1-7H2,(H2,10,12). The monoisotopic (exact) mass is 176 g/mol. The van der Waals surface area contributed by atoms with E-state index in [2.05, 4.69) is 5.32 Å². The summed E-state index contributed by atoms with van der Waals surface area (Å²) in [5.74, 6) is -0.251. The molecule has 0 unspecified atom stereocenters. The van der Waals surface area contributed by atoms with Gasteiger partial charge < -0.3 is 11.1 Å². The van der Waals surface area contributed by atoms with Crippen molar-refractivity contribution in [2.24, 2.45) is 5.73 Å². The van der Waals surface area contributed by atoms with Gasteiger partial charge in [-0.15, -0.1) is 0 Å². The van der Waals surface area contributed by atoms with Crippen LogP contribution in [0.2, 0.25) is 0 Å². The van der Waals surface area contributed by atoms with Crippen molar-refractivity contribution < 1.29 is 9.18 Å². The highest BCUT2D eigenvalue weighted by atomic mass is 19.1. The second-order valence-electron chi connectivity index (χ2n) is 2.72. The molecule has 12 heavy (non-hydrogen) atoms. The Morgan fingerprint density at radius 1 is 1.25 bits per heavy atom. The Morgan fingerprint density at radius 2 is 1.92 bits per heavy atom. The van der Waals surface area contributed by atoms with E-state index in [-0.39, 0.29) is 12.6 Å². The van der Waals surface area contributed by atoms with Gasteiger partial charge in [-0.3, -0.25) is 9.18 Å². The summed E-state index contributed by atoms with van der Waals surface area (Å²) in [5.41, 5.74) is 4.95. The van der Waals surface area contributed by atoms with Gasteiger partial charge in [0.25, 0.3) is 0 Å². The van der Waals surface area contributed by atoms with Crippen LogP contribution in [0, 0.1) is 0 Å². The number of amides is 1. The van der Waals surface area contributed by atoms with Gasteiger partial charge in [-0.2, -0.15) is 0 Å². The lowest BCUT2D eigenvalue weighted by molar-refractivity contribution is -0.118. The first kappa shape index (κ1) is 11.4. The molecule has 0 radical (unpaired) electrons. The fourth-order valence-electron chi connectivity index (χ4n) is 0.866. The molecule has 0 bridgehead atoms. The topological polar surface area (TPSA) is 55.1 Å². The number of primary amides is 1. The Bertz CT molecular complexity index is 120. The van der Waals surface area contributed by atoms with Crippen LogP contribution in [0.3, 0.4) is 0 Å². The number of hydrogen-bond donors (Lipinski definition) is 2. The van der Waals surface area contributed by atoms with Crippen LogP contribution in [-0.2, 0) is 4.79 Å². The molecule has 0 atom stereocenters. The molecule has 0 aliphatic rings. The quantitative estimate of drug-likeness (QED) is 0.532. The van der Waals surface area contributed by atoms with E-state index in [1.807, 2.05) is 0 Å². The van der Waals surface area contributed by atoms with Gasteiger partial charge in [-0.05, 0) is 32.4 Å². The molecule has 0 spiro atoms. The highest BCUT2D eigenvalue weighted by Gasteiger charge is 1.93. The van der Waals surface area contributed by atoms with Crippen molar-refractivity contribution in [3.05, 3.63) is 0 Å². The lowest BCUT2D eigenvalue weighted by atomic mass is 10.2. The Hall–Kier alpha value is -0.640. The zero-order valence-corrected chi connectivity index (χ0v) is 7.31. The highest BCUT2D eigenvalue weighted by molar-refractivity contribution is 5.73. The number of alkyl halides is 1. The van der Waals surface area contributed by atoms with Crippen LogP contribution in [0.1, 0.15) is 25.7 Å². The van der Waals surface area contributed by atoms with Gasteiger partial charge in [-0.25, -0.2) is 0 Å². The van der Waals surface area contributed by atoms with Crippen LogP contribution < -0.4 is 11.1 Å². The van der Waals surface area contributed by atoms with Crippen molar-refractivity contribution in [2.75, 3.05) is 19.8 Å². The third-order valence-corrected chi connectivity index (χ3v) is 1.51. The minimum atomic E-state index is -0.270. The number of nitrogens with two attached hydrogens (primary N) is 1. The highest BCUT2D eigenvalue weighted by Crippen LogP contribution is 1.92. The number of carbonyl (C=O) groups is 1. The summed E-state index contributed by atoms with van der Waals surface area (Å²) in [5, 5.41) is 3.07. The van der Waals surface area contributed by atoms with Crippen LogP contribution in [0.15, 0.2) is 0 Å². The maximum atomic E-state index is 11.6. The number of carbonyl (C=O) groups excluding carboxylic acids is 1. The van der Waals surface area contributed by atoms with Crippen LogP contribution in [0.4, 0.5) is 4.39 Å². The lowest BCUT2D eigenvalue weighted by Crippen LogP contribution is -2.18. The Kier molecular flexibility index (Phi) is 8.01. The third kappa shape index (κ3) is 9.36. The zero-order chi connectivity index (χ0) is 9.23. The summed E-state index contributed by atoms with van der Waals surface area (Å²) in [4.78, 5) is 10.3. The van der Waals surface area contributed by atoms with Gasteiger partial charge >= 0.3 is 0 Å². The Labute approximate surface area is 72.5 Å². The average Bonchev–Trinajstić information content (AvgIpc) is 2.02. The molecule has 72 valence electrons. The SMILES string of the molecule is NC(=O)CCCCNCCCF. The molecule has 3 nitrogen and oxygen atoms in total. The van der Waals surface area contributed by atoms with Crippen molar-refractivity contribution >= 4 is 5.91 Å². The van der Waals surface area contributed by atoms with E-state index < -0.39 is 0 Å². The molecule has 0 saturated carbocycles. The van der Waals surface area contributed by atoms with E-state index in [1.165, 1.54) is 0 Å². The largest absolute Gasteiger partial charge is 0.370 e. The van der Waals surface area contributed by atoms with E-state index in [9.17, 15) is 9.18 Å². The second-order valence-corrected chi connectivity index (χ2v) is 2.72. The Morgan fingerprint density at radius 3 is 2.50 bits per heavy atom. The van der Waals surface area contributed by atoms with Crippen molar-refractivity contribution in [1.29, 1.82) is 0 Å². The van der Waals surface area contributed by atoms with Crippen molar-refractivity contribution in [3.63, 3.8) is 0 Å². The van der Waals surface area contributed by atoms with E-state index in [1.54, 1.807) is 0 Å². The molecule has 0 aromatic carbocycles. The van der Waals surface area contributed by atoms with E-state index >= 15 is 0 Å². The van der Waals surface area contributed by atoms with Crippen molar-refractivity contribution in [3.8, 4) is 0 Å². The molecule has 0 aliphatic heterocycles. The molecule has 0 heterocycles. The maximum absolute atomic E-state index is 11.6. The van der Waals surface area contributed by atoms with Gasteiger partial charge in [-0.1, -0.05) is 0 Å². The first-order chi connectivity index (χ1) is 5.77. The van der Waals surface area contributed by atoms with Crippen LogP contribution >= 0.6 is 0 Å². The summed E-state index contributed by atoms with van der Waals surface area (Å²) < 4.78 is 11.6. The number of rotatable bonds is 8. The summed E-state index contributed by atoms with van der Waals surface area (Å²) in [7, 11) is 0. The fraction of sp³-hybridized carbons (Fsp3) is 0.875. The lowest BCUT2D eigenvalue weighted by Gasteiger charge is -2.01. The van der Waals surface area contributed by atoms with E-state index in [0.29, 0.717) is 19.4 Å². The summed E-state index contributed by atoms with van der Waals surface area (Å²) >= 11 is 0. The number of hydrogen-bond acceptors (Lipinski definition) is 2. The van der Waals surface area contributed by atoms with E-state index in [0.717, 1.165) is 19.4 Å². The molecular formula is C8H17FN2O. The maximum Gasteiger partial charge on any atom is 0.217 e. The number of nitrogens with one attached hydrogen (secondary N) is 1. The number of unbranched alkanes of at least 4 members (excludes halogenated alkanes) is 1. The van der Waals surface area contributed by atoms with Crippen LogP contribution in [0.25, 0.3) is 0 Å². The number of halogens is 1. The Balaban J connectivity index is 2.86. The van der Waals surface area contributed by atoms with Gasteiger partial charge in [0.2, 0.25) is 5.91 Å². The summed E-state index contributed by atoms with van der Waals surface area (Å²) in [6, 6.07) is 0. The molecule has 0 saturated heterocycles. The first-order valence-corrected chi connectivity index (χ1v) is 4.32. The molecule has 0 aliphatic carbocycles. The smallest absolute Gasteiger partial charge is 0.217 e. The van der Waals surface area contributed by atoms with Crippen LogP contribution in [0.5, 0.6) is 0 Å². The minimum absolute atomic E-state index is 0.251. The molecule has 1 amide bonds. The molecule has 0 aromatic rings. The van der Waals surface area contributed by atoms with Gasteiger partial charge in [0.15, 0.2) is 0 Å². The fourth-order valence-corrected chi connectivity index (χ4v) is 0.866. The van der Waals surface area contributed by atoms with Crippen molar-refractivity contribution in [2.45, 2.75) is 25.7 Å². The predicted molar refractivity (Wildman–Crippen MR) is 46.5 cm³/mol. The average molecular weight is 176 g/mol. The third-order valence-electron chi connectivity index (χ3n) is 1.51. The normalized spacial score (nSPS) is 10.1. The molecule has 0 rings (SSSR count). The molecule has 3 N–H and O–H groups in total. The zero-order valence-electron chi connectivity index (χ0n) is 7.31. The molecule has 0 aromatic heterocycles. The van der Waals surface area contributed by atoms with Gasteiger partial charge in [0.05, 0.1) is 6.67 Å². The molecule has 0 fully saturated rings. The van der Waals surface area contributed by atoms with Gasteiger partial charge in [0.1, 0.15) is 0 Å². The van der Waals surface area contributed by atoms with Crippen LogP contribution in [-0.4, -0.2) is 25.7 Å². The van der Waals surface area contributed by atoms with E-state index in [4.69, 9.17) is 5.73 Å². The second kappa shape index (κ2) is 8.46. The minimum Gasteiger partial charge on any atom is -0.370 e. The molecular weight excluding hydrogens is 159 g/mol.